The molecule has 2 heterocycles. The van der Waals surface area contributed by atoms with Gasteiger partial charge in [0.2, 0.25) is 0 Å². The second kappa shape index (κ2) is 12.4. The summed E-state index contributed by atoms with van der Waals surface area (Å²) in [6.45, 7) is 2.58. The van der Waals surface area contributed by atoms with Gasteiger partial charge in [0, 0.05) is 38.8 Å². The van der Waals surface area contributed by atoms with E-state index >= 15 is 0 Å². The predicted molar refractivity (Wildman–Crippen MR) is 138 cm³/mol. The molecule has 0 saturated carbocycles. The lowest BCUT2D eigenvalue weighted by molar-refractivity contribution is -0.143. The Hall–Kier alpha value is -3.55. The van der Waals surface area contributed by atoms with Crippen molar-refractivity contribution < 1.29 is 45.4 Å². The van der Waals surface area contributed by atoms with Crippen molar-refractivity contribution in [3.05, 3.63) is 70.0 Å². The summed E-state index contributed by atoms with van der Waals surface area (Å²) in [5.74, 6) is -0.465. The van der Waals surface area contributed by atoms with Gasteiger partial charge in [-0.05, 0) is 73.2 Å². The molecule has 4 amide bonds. The molecule has 0 unspecified atom stereocenters. The maximum Gasteiger partial charge on any atom is 0.416 e. The Balaban J connectivity index is 1.50. The monoisotopic (exact) mass is 604 g/mol. The molecule has 2 saturated heterocycles. The molecule has 0 spiro atoms. The summed E-state index contributed by atoms with van der Waals surface area (Å²) in [6, 6.07) is 3.83. The van der Waals surface area contributed by atoms with Crippen molar-refractivity contribution in [3.8, 4) is 0 Å². The van der Waals surface area contributed by atoms with E-state index in [9.17, 15) is 45.4 Å². The highest BCUT2D eigenvalue weighted by molar-refractivity contribution is 5.77. The molecule has 7 nitrogen and oxygen atoms in total. The smallest absolute Gasteiger partial charge is 0.395 e. The van der Waals surface area contributed by atoms with Gasteiger partial charge >= 0.3 is 24.4 Å². The first-order chi connectivity index (χ1) is 19.7. The van der Waals surface area contributed by atoms with Crippen LogP contribution in [0.5, 0.6) is 0 Å². The number of hydrogen-bond acceptors (Lipinski definition) is 3. The Morgan fingerprint density at radius 1 is 1.00 bits per heavy atom. The maximum absolute atomic E-state index is 13.9. The number of aliphatic hydroxyl groups excluding tert-OH is 1. The van der Waals surface area contributed by atoms with Crippen LogP contribution in [0.2, 0.25) is 0 Å². The number of aliphatic hydroxyl groups is 1. The summed E-state index contributed by atoms with van der Waals surface area (Å²) in [4.78, 5) is 30.9. The number of urea groups is 2. The minimum Gasteiger partial charge on any atom is -0.395 e. The van der Waals surface area contributed by atoms with Crippen molar-refractivity contribution in [2.24, 2.45) is 0 Å². The standard InChI is InChI=1S/C28H31F7N4O3/c1-17-12-21(29)2-3-23(17)24-16-22(38-9-8-37(10-11-40)26(38)42)5-7-39(24)25(41)36-6-4-18-13-19(27(30,31)32)15-20(14-18)28(33,34)35/h2-3,12-15,22,24,40H,4-11,16H2,1H3,(H,36,41)/t22-,24-/m1/s1. The quantitative estimate of drug-likeness (QED) is 0.418. The molecule has 0 aliphatic carbocycles. The summed E-state index contributed by atoms with van der Waals surface area (Å²) < 4.78 is 93.2. The van der Waals surface area contributed by atoms with Crippen LogP contribution in [0.3, 0.4) is 0 Å². The third kappa shape index (κ3) is 7.08. The molecule has 230 valence electrons. The number of likely N-dealkylation sites (tertiary alicyclic amines) is 1. The van der Waals surface area contributed by atoms with E-state index in [0.717, 1.165) is 0 Å². The van der Waals surface area contributed by atoms with Crippen LogP contribution in [-0.4, -0.2) is 77.2 Å². The summed E-state index contributed by atoms with van der Waals surface area (Å²) >= 11 is 0. The SMILES string of the molecule is Cc1cc(F)ccc1[C@H]1C[C@H](N2CCN(CCO)C2=O)CCN1C(=O)NCCc1cc(C(F)(F)F)cc(C(F)(F)F)c1. The number of alkyl halides is 6. The second-order valence-corrected chi connectivity index (χ2v) is 10.5. The Labute approximate surface area is 237 Å². The van der Waals surface area contributed by atoms with Crippen LogP contribution in [-0.2, 0) is 18.8 Å². The number of rotatable bonds is 7. The lowest BCUT2D eigenvalue weighted by Gasteiger charge is -2.43. The van der Waals surface area contributed by atoms with E-state index in [1.165, 1.54) is 21.9 Å². The first kappa shape index (κ1) is 31.4. The molecular formula is C28H31F7N4O3. The van der Waals surface area contributed by atoms with Gasteiger partial charge in [0.15, 0.2) is 0 Å². The molecule has 2 N–H and O–H groups in total. The fraction of sp³-hybridized carbons (Fsp3) is 0.500. The van der Waals surface area contributed by atoms with Crippen LogP contribution >= 0.6 is 0 Å². The van der Waals surface area contributed by atoms with E-state index in [0.29, 0.717) is 49.2 Å². The van der Waals surface area contributed by atoms with E-state index in [2.05, 4.69) is 5.32 Å². The number of β-amino-alcohol motifs (C(OH)–C–C–N with tert-alkyl or cyclic N) is 1. The normalized spacial score (nSPS) is 19.9. The van der Waals surface area contributed by atoms with Gasteiger partial charge in [-0.25, -0.2) is 14.0 Å². The van der Waals surface area contributed by atoms with Gasteiger partial charge in [0.25, 0.3) is 0 Å². The Kier molecular flexibility index (Phi) is 9.24. The molecule has 2 aromatic rings. The van der Waals surface area contributed by atoms with E-state index in [4.69, 9.17) is 0 Å². The number of carbonyl (C=O) groups is 2. The van der Waals surface area contributed by atoms with Gasteiger partial charge in [0.1, 0.15) is 5.82 Å². The number of nitrogens with zero attached hydrogens (tertiary/aromatic N) is 3. The number of nitrogens with one attached hydrogen (secondary N) is 1. The van der Waals surface area contributed by atoms with Crippen molar-refractivity contribution in [1.29, 1.82) is 0 Å². The molecule has 2 aliphatic heterocycles. The zero-order valence-electron chi connectivity index (χ0n) is 22.7. The topological polar surface area (TPSA) is 76.1 Å². The highest BCUT2D eigenvalue weighted by Crippen LogP contribution is 2.38. The van der Waals surface area contributed by atoms with Gasteiger partial charge in [0.05, 0.1) is 23.8 Å². The number of halogens is 7. The van der Waals surface area contributed by atoms with Gasteiger partial charge in [-0.1, -0.05) is 6.07 Å². The fourth-order valence-electron chi connectivity index (χ4n) is 5.63. The van der Waals surface area contributed by atoms with E-state index in [-0.39, 0.29) is 56.4 Å². The van der Waals surface area contributed by atoms with Gasteiger partial charge in [-0.2, -0.15) is 26.3 Å². The lowest BCUT2D eigenvalue weighted by Crippen LogP contribution is -2.52. The number of aryl methyl sites for hydroxylation is 1. The third-order valence-electron chi connectivity index (χ3n) is 7.70. The highest BCUT2D eigenvalue weighted by Gasteiger charge is 2.41. The maximum atomic E-state index is 13.9. The Morgan fingerprint density at radius 3 is 2.26 bits per heavy atom. The Bertz CT molecular complexity index is 1270. The Morgan fingerprint density at radius 2 is 1.67 bits per heavy atom. The van der Waals surface area contributed by atoms with Crippen molar-refractivity contribution in [2.75, 3.05) is 39.3 Å². The van der Waals surface area contributed by atoms with Crippen molar-refractivity contribution >= 4 is 12.1 Å². The van der Waals surface area contributed by atoms with E-state index in [1.807, 2.05) is 0 Å². The van der Waals surface area contributed by atoms with Crippen molar-refractivity contribution in [3.63, 3.8) is 0 Å². The first-order valence-electron chi connectivity index (χ1n) is 13.4. The first-order valence-corrected chi connectivity index (χ1v) is 13.4. The van der Waals surface area contributed by atoms with Crippen LogP contribution < -0.4 is 5.32 Å². The minimum absolute atomic E-state index is 0.0516. The molecule has 0 bridgehead atoms. The minimum atomic E-state index is -4.98. The van der Waals surface area contributed by atoms with Crippen LogP contribution in [0, 0.1) is 12.7 Å². The number of benzene rings is 2. The van der Waals surface area contributed by atoms with Crippen LogP contribution in [0.25, 0.3) is 0 Å². The second-order valence-electron chi connectivity index (χ2n) is 10.5. The molecule has 2 aromatic carbocycles. The summed E-state index contributed by atoms with van der Waals surface area (Å²) in [6.07, 6.45) is -9.48. The average Bonchev–Trinajstić information content (AvgIpc) is 3.27. The highest BCUT2D eigenvalue weighted by atomic mass is 19.4. The fourth-order valence-corrected chi connectivity index (χ4v) is 5.63. The van der Waals surface area contributed by atoms with Gasteiger partial charge < -0.3 is 25.1 Å². The van der Waals surface area contributed by atoms with Crippen LogP contribution in [0.4, 0.5) is 40.3 Å². The summed E-state index contributed by atoms with van der Waals surface area (Å²) in [5.41, 5.74) is -1.86. The summed E-state index contributed by atoms with van der Waals surface area (Å²) in [5, 5.41) is 11.8. The zero-order chi connectivity index (χ0) is 30.8. The van der Waals surface area contributed by atoms with Gasteiger partial charge in [-0.15, -0.1) is 0 Å². The molecule has 14 heteroatoms. The molecule has 42 heavy (non-hydrogen) atoms. The number of amides is 4. The summed E-state index contributed by atoms with van der Waals surface area (Å²) in [7, 11) is 0. The predicted octanol–water partition coefficient (Wildman–Crippen LogP) is 5.36. The van der Waals surface area contributed by atoms with Gasteiger partial charge in [-0.3, -0.25) is 0 Å². The molecule has 0 aromatic heterocycles. The van der Waals surface area contributed by atoms with Crippen LogP contribution in [0.15, 0.2) is 36.4 Å². The van der Waals surface area contributed by atoms with Crippen LogP contribution in [0.1, 0.15) is 46.7 Å². The molecule has 0 radical (unpaired) electrons. The molecule has 2 atom stereocenters. The lowest BCUT2D eigenvalue weighted by atomic mass is 9.89. The van der Waals surface area contributed by atoms with E-state index in [1.54, 1.807) is 17.9 Å². The van der Waals surface area contributed by atoms with Crippen molar-refractivity contribution in [1.82, 2.24) is 20.0 Å². The van der Waals surface area contributed by atoms with Crippen molar-refractivity contribution in [2.45, 2.75) is 50.6 Å². The average molecular weight is 605 g/mol. The molecular weight excluding hydrogens is 573 g/mol. The third-order valence-corrected chi connectivity index (χ3v) is 7.70. The molecule has 2 aliphatic rings. The number of hydrogen-bond donors (Lipinski definition) is 2. The molecule has 2 fully saturated rings. The number of piperidine rings is 1. The molecule has 4 rings (SSSR count). The van der Waals surface area contributed by atoms with E-state index < -0.39 is 41.4 Å². The largest absolute Gasteiger partial charge is 0.416 e. The zero-order valence-corrected chi connectivity index (χ0v) is 22.7. The number of carbonyl (C=O) groups excluding carboxylic acids is 2.